The highest BCUT2D eigenvalue weighted by atomic mass is 16.5. The van der Waals surface area contributed by atoms with E-state index in [-0.39, 0.29) is 6.03 Å². The molecule has 0 bridgehead atoms. The van der Waals surface area contributed by atoms with E-state index in [0.717, 1.165) is 30.9 Å². The molecule has 0 aliphatic heterocycles. The zero-order valence-electron chi connectivity index (χ0n) is 15.4. The van der Waals surface area contributed by atoms with Gasteiger partial charge in [-0.1, -0.05) is 38.2 Å². The summed E-state index contributed by atoms with van der Waals surface area (Å²) in [5.41, 5.74) is 0.998. The molecule has 0 unspecified atom stereocenters. The smallest absolute Gasteiger partial charge is 0.317 e. The molecular weight excluding hydrogens is 314 g/mol. The van der Waals surface area contributed by atoms with E-state index in [4.69, 9.17) is 4.74 Å². The average Bonchev–Trinajstić information content (AvgIpc) is 3.42. The molecule has 1 heterocycles. The highest BCUT2D eigenvalue weighted by Crippen LogP contribution is 2.29. The summed E-state index contributed by atoms with van der Waals surface area (Å²) in [6, 6.07) is 4.25. The van der Waals surface area contributed by atoms with Crippen LogP contribution in [0.15, 0.2) is 18.3 Å². The van der Waals surface area contributed by atoms with Crippen LogP contribution in [0.3, 0.4) is 0 Å². The van der Waals surface area contributed by atoms with Gasteiger partial charge in [0.05, 0.1) is 6.61 Å². The first-order valence-electron chi connectivity index (χ1n) is 9.81. The number of pyridine rings is 1. The van der Waals surface area contributed by atoms with Gasteiger partial charge in [0.25, 0.3) is 0 Å². The molecule has 1 N–H and O–H groups in total. The summed E-state index contributed by atoms with van der Waals surface area (Å²) < 4.78 is 5.64. The number of carbonyl (C=O) groups excluding carboxylic acids is 1. The lowest BCUT2D eigenvalue weighted by Crippen LogP contribution is -2.43. The van der Waals surface area contributed by atoms with E-state index < -0.39 is 0 Å². The summed E-state index contributed by atoms with van der Waals surface area (Å²) in [5.74, 6) is 1.40. The van der Waals surface area contributed by atoms with Gasteiger partial charge in [0, 0.05) is 31.9 Å². The van der Waals surface area contributed by atoms with Crippen LogP contribution in [0.4, 0.5) is 4.79 Å². The van der Waals surface area contributed by atoms with Gasteiger partial charge in [-0.25, -0.2) is 9.78 Å². The predicted molar refractivity (Wildman–Crippen MR) is 98.6 cm³/mol. The van der Waals surface area contributed by atoms with Crippen molar-refractivity contribution >= 4 is 6.03 Å². The second-order valence-electron chi connectivity index (χ2n) is 7.53. The summed E-state index contributed by atoms with van der Waals surface area (Å²) >= 11 is 0. The van der Waals surface area contributed by atoms with Crippen LogP contribution in [-0.4, -0.2) is 35.6 Å². The van der Waals surface area contributed by atoms with Gasteiger partial charge in [0.2, 0.25) is 5.88 Å². The maximum absolute atomic E-state index is 12.4. The Hall–Kier alpha value is -1.78. The molecule has 2 aliphatic carbocycles. The molecular formula is C20H31N3O2. The molecule has 0 saturated heterocycles. The summed E-state index contributed by atoms with van der Waals surface area (Å²) in [7, 11) is 1.93. The molecule has 2 amide bonds. The van der Waals surface area contributed by atoms with Crippen molar-refractivity contribution in [3.63, 3.8) is 0 Å². The number of ether oxygens (including phenoxy) is 1. The summed E-state index contributed by atoms with van der Waals surface area (Å²) in [5, 5.41) is 3.02. The zero-order valence-corrected chi connectivity index (χ0v) is 15.4. The van der Waals surface area contributed by atoms with Crippen molar-refractivity contribution in [2.24, 2.45) is 5.92 Å². The number of rotatable bonds is 6. The predicted octanol–water partition coefficient (Wildman–Crippen LogP) is 4.12. The van der Waals surface area contributed by atoms with Gasteiger partial charge >= 0.3 is 6.03 Å². The van der Waals surface area contributed by atoms with Gasteiger partial charge in [-0.15, -0.1) is 0 Å². The van der Waals surface area contributed by atoms with Crippen molar-refractivity contribution in [1.82, 2.24) is 15.2 Å². The van der Waals surface area contributed by atoms with Crippen molar-refractivity contribution in [2.45, 2.75) is 70.4 Å². The fourth-order valence-electron chi connectivity index (χ4n) is 3.38. The van der Waals surface area contributed by atoms with Gasteiger partial charge in [-0.3, -0.25) is 0 Å². The largest absolute Gasteiger partial charge is 0.477 e. The van der Waals surface area contributed by atoms with Crippen molar-refractivity contribution < 1.29 is 9.53 Å². The van der Waals surface area contributed by atoms with Crippen LogP contribution < -0.4 is 10.1 Å². The Bertz CT molecular complexity index is 534. The minimum Gasteiger partial charge on any atom is -0.477 e. The van der Waals surface area contributed by atoms with Crippen LogP contribution in [0.2, 0.25) is 0 Å². The molecule has 1 aromatic rings. The Balaban J connectivity index is 1.42. The van der Waals surface area contributed by atoms with Crippen LogP contribution in [0, 0.1) is 5.92 Å². The molecule has 5 heteroatoms. The van der Waals surface area contributed by atoms with Crippen molar-refractivity contribution in [3.8, 4) is 5.88 Å². The Labute approximate surface area is 151 Å². The van der Waals surface area contributed by atoms with E-state index in [1.54, 1.807) is 6.20 Å². The van der Waals surface area contributed by atoms with Crippen LogP contribution in [0.25, 0.3) is 0 Å². The minimum absolute atomic E-state index is 0.0135. The van der Waals surface area contributed by atoms with E-state index in [1.807, 2.05) is 24.1 Å². The van der Waals surface area contributed by atoms with E-state index in [0.29, 0.717) is 18.5 Å². The van der Waals surface area contributed by atoms with Crippen LogP contribution >= 0.6 is 0 Å². The molecule has 5 nitrogen and oxygen atoms in total. The van der Waals surface area contributed by atoms with Gasteiger partial charge in [-0.2, -0.15) is 0 Å². The first-order chi connectivity index (χ1) is 12.2. The number of amides is 2. The normalized spacial score (nSPS) is 18.9. The number of hydrogen-bond acceptors (Lipinski definition) is 3. The molecule has 2 fully saturated rings. The molecule has 0 atom stereocenters. The first kappa shape index (κ1) is 18.0. The van der Waals surface area contributed by atoms with Crippen molar-refractivity contribution in [2.75, 3.05) is 13.7 Å². The summed E-state index contributed by atoms with van der Waals surface area (Å²) in [6.45, 7) is 1.28. The SMILES string of the molecule is CN(C(=O)NCc1ccc(OCC2CC2)nc1)C1CCCCCCC1. The molecule has 2 saturated carbocycles. The topological polar surface area (TPSA) is 54.5 Å². The molecule has 0 radical (unpaired) electrons. The first-order valence-corrected chi connectivity index (χ1v) is 9.81. The van der Waals surface area contributed by atoms with Gasteiger partial charge < -0.3 is 15.0 Å². The van der Waals surface area contributed by atoms with Crippen LogP contribution in [0.5, 0.6) is 5.88 Å². The number of urea groups is 1. The number of hydrogen-bond donors (Lipinski definition) is 1. The molecule has 2 aliphatic rings. The number of nitrogens with zero attached hydrogens (tertiary/aromatic N) is 2. The lowest BCUT2D eigenvalue weighted by Gasteiger charge is -2.29. The van der Waals surface area contributed by atoms with E-state index in [9.17, 15) is 4.79 Å². The standard InChI is InChI=1S/C20H31N3O2/c1-23(18-7-5-3-2-4-6-8-18)20(24)22-14-17-11-12-19(21-13-17)25-15-16-9-10-16/h11-13,16,18H,2-10,14-15H2,1H3,(H,22,24). The Morgan fingerprint density at radius 3 is 2.52 bits per heavy atom. The Kier molecular flexibility index (Phi) is 6.54. The number of aromatic nitrogens is 1. The van der Waals surface area contributed by atoms with E-state index in [2.05, 4.69) is 10.3 Å². The lowest BCUT2D eigenvalue weighted by atomic mass is 9.96. The third-order valence-electron chi connectivity index (χ3n) is 5.35. The van der Waals surface area contributed by atoms with Gasteiger partial charge in [0.1, 0.15) is 0 Å². The molecule has 0 aromatic carbocycles. The third-order valence-corrected chi connectivity index (χ3v) is 5.35. The molecule has 0 spiro atoms. The Morgan fingerprint density at radius 2 is 1.88 bits per heavy atom. The molecule has 3 rings (SSSR count). The van der Waals surface area contributed by atoms with Crippen molar-refractivity contribution in [3.05, 3.63) is 23.9 Å². The second-order valence-corrected chi connectivity index (χ2v) is 7.53. The van der Waals surface area contributed by atoms with E-state index in [1.165, 1.54) is 44.9 Å². The van der Waals surface area contributed by atoms with Gasteiger partial charge in [-0.05, 0) is 37.2 Å². The number of nitrogens with one attached hydrogen (secondary N) is 1. The maximum Gasteiger partial charge on any atom is 0.317 e. The quantitative estimate of drug-likeness (QED) is 0.843. The minimum atomic E-state index is 0.0135. The summed E-state index contributed by atoms with van der Waals surface area (Å²) in [4.78, 5) is 18.7. The molecule has 1 aromatic heterocycles. The average molecular weight is 345 g/mol. The van der Waals surface area contributed by atoms with Crippen LogP contribution in [-0.2, 0) is 6.54 Å². The Morgan fingerprint density at radius 1 is 1.16 bits per heavy atom. The fraction of sp³-hybridized carbons (Fsp3) is 0.700. The lowest BCUT2D eigenvalue weighted by molar-refractivity contribution is 0.178. The highest BCUT2D eigenvalue weighted by molar-refractivity contribution is 5.74. The van der Waals surface area contributed by atoms with Crippen molar-refractivity contribution in [1.29, 1.82) is 0 Å². The summed E-state index contributed by atoms with van der Waals surface area (Å²) in [6.07, 6.45) is 13.0. The van der Waals surface area contributed by atoms with E-state index >= 15 is 0 Å². The monoisotopic (exact) mass is 345 g/mol. The zero-order chi connectivity index (χ0) is 17.5. The number of carbonyl (C=O) groups is 1. The second kappa shape index (κ2) is 9.07. The molecule has 25 heavy (non-hydrogen) atoms. The fourth-order valence-corrected chi connectivity index (χ4v) is 3.38. The third kappa shape index (κ3) is 5.91. The molecule has 138 valence electrons. The maximum atomic E-state index is 12.4. The van der Waals surface area contributed by atoms with Gasteiger partial charge in [0.15, 0.2) is 0 Å². The highest BCUT2D eigenvalue weighted by Gasteiger charge is 2.22. The van der Waals surface area contributed by atoms with Crippen LogP contribution in [0.1, 0.15) is 63.4 Å².